The zero-order valence-electron chi connectivity index (χ0n) is 6.31. The van der Waals surface area contributed by atoms with Crippen molar-refractivity contribution in [2.45, 2.75) is 6.42 Å². The fourth-order valence-corrected chi connectivity index (χ4v) is 1.25. The van der Waals surface area contributed by atoms with E-state index >= 15 is 0 Å². The molecular formula is C7H15N2O. The van der Waals surface area contributed by atoms with E-state index in [1.54, 1.807) is 0 Å². The van der Waals surface area contributed by atoms with Crippen molar-refractivity contribution in [3.8, 4) is 0 Å². The minimum absolute atomic E-state index is 0.0417. The van der Waals surface area contributed by atoms with Crippen molar-refractivity contribution in [1.29, 1.82) is 0 Å². The van der Waals surface area contributed by atoms with Crippen molar-refractivity contribution in [2.75, 3.05) is 39.3 Å². The van der Waals surface area contributed by atoms with Crippen LogP contribution in [0.15, 0.2) is 0 Å². The Labute approximate surface area is 62.0 Å². The SMILES string of the molecule is [O]CCN1CCCNCC1. The molecule has 1 radical (unpaired) electrons. The Kier molecular flexibility index (Phi) is 3.72. The molecule has 3 heteroatoms. The maximum absolute atomic E-state index is 10.2. The van der Waals surface area contributed by atoms with Crippen LogP contribution in [0.2, 0.25) is 0 Å². The van der Waals surface area contributed by atoms with Crippen molar-refractivity contribution in [1.82, 2.24) is 10.2 Å². The van der Waals surface area contributed by atoms with Crippen molar-refractivity contribution in [2.24, 2.45) is 0 Å². The normalized spacial score (nSPS) is 22.5. The number of nitrogens with one attached hydrogen (secondary N) is 1. The van der Waals surface area contributed by atoms with E-state index in [9.17, 15) is 5.11 Å². The average Bonchev–Trinajstić information content (AvgIpc) is 2.17. The standard InChI is InChI=1S/C7H15N2O/c10-7-6-9-4-1-2-8-3-5-9/h8H,1-7H2. The van der Waals surface area contributed by atoms with E-state index < -0.39 is 0 Å². The summed E-state index contributed by atoms with van der Waals surface area (Å²) in [6.45, 7) is 5.05. The molecule has 1 heterocycles. The Morgan fingerprint density at radius 1 is 1.30 bits per heavy atom. The lowest BCUT2D eigenvalue weighted by Gasteiger charge is -2.16. The van der Waals surface area contributed by atoms with E-state index in [1.165, 1.54) is 6.42 Å². The first-order valence-electron chi connectivity index (χ1n) is 3.94. The average molecular weight is 143 g/mol. The first-order valence-corrected chi connectivity index (χ1v) is 3.94. The minimum atomic E-state index is 0.0417. The van der Waals surface area contributed by atoms with E-state index in [0.29, 0.717) is 0 Å². The lowest BCUT2D eigenvalue weighted by atomic mass is 10.4. The topological polar surface area (TPSA) is 35.2 Å². The summed E-state index contributed by atoms with van der Waals surface area (Å²) in [6.07, 6.45) is 1.18. The van der Waals surface area contributed by atoms with Gasteiger partial charge in [-0.15, -0.1) is 0 Å². The first-order chi connectivity index (χ1) is 4.93. The van der Waals surface area contributed by atoms with Gasteiger partial charge in [-0.25, -0.2) is 5.11 Å². The van der Waals surface area contributed by atoms with Gasteiger partial charge < -0.3 is 5.32 Å². The van der Waals surface area contributed by atoms with Gasteiger partial charge in [0.15, 0.2) is 0 Å². The summed E-state index contributed by atoms with van der Waals surface area (Å²) in [7, 11) is 0. The molecule has 10 heavy (non-hydrogen) atoms. The fraction of sp³-hybridized carbons (Fsp3) is 1.00. The van der Waals surface area contributed by atoms with Gasteiger partial charge in [-0.3, -0.25) is 4.90 Å². The molecular weight excluding hydrogens is 128 g/mol. The van der Waals surface area contributed by atoms with E-state index in [1.807, 2.05) is 0 Å². The van der Waals surface area contributed by atoms with Gasteiger partial charge in [0.2, 0.25) is 0 Å². The van der Waals surface area contributed by atoms with Crippen LogP contribution in [-0.2, 0) is 5.11 Å². The van der Waals surface area contributed by atoms with Crippen molar-refractivity contribution in [3.63, 3.8) is 0 Å². The van der Waals surface area contributed by atoms with Gasteiger partial charge in [0.05, 0.1) is 6.61 Å². The molecule has 0 aromatic heterocycles. The van der Waals surface area contributed by atoms with E-state index in [2.05, 4.69) is 10.2 Å². The van der Waals surface area contributed by atoms with Crippen LogP contribution < -0.4 is 5.32 Å². The smallest absolute Gasteiger partial charge is 0.0949 e. The molecule has 0 aromatic carbocycles. The summed E-state index contributed by atoms with van der Waals surface area (Å²) in [6, 6.07) is 0. The zero-order valence-corrected chi connectivity index (χ0v) is 6.31. The van der Waals surface area contributed by atoms with Crippen LogP contribution >= 0.6 is 0 Å². The molecule has 59 valence electrons. The second kappa shape index (κ2) is 4.66. The quantitative estimate of drug-likeness (QED) is 0.576. The van der Waals surface area contributed by atoms with Crippen molar-refractivity contribution < 1.29 is 5.11 Å². The Balaban J connectivity index is 2.15. The highest BCUT2D eigenvalue weighted by molar-refractivity contribution is 4.64. The number of rotatable bonds is 2. The molecule has 1 aliphatic rings. The Morgan fingerprint density at radius 3 is 3.00 bits per heavy atom. The predicted octanol–water partition coefficient (Wildman–Crippen LogP) is -0.288. The molecule has 0 unspecified atom stereocenters. The number of nitrogens with zero attached hydrogens (tertiary/aromatic N) is 1. The van der Waals surface area contributed by atoms with Gasteiger partial charge in [0.1, 0.15) is 0 Å². The second-order valence-electron chi connectivity index (χ2n) is 2.65. The van der Waals surface area contributed by atoms with E-state index in [0.717, 1.165) is 32.7 Å². The molecule has 0 amide bonds. The maximum Gasteiger partial charge on any atom is 0.0949 e. The molecule has 3 nitrogen and oxygen atoms in total. The van der Waals surface area contributed by atoms with Crippen molar-refractivity contribution >= 4 is 0 Å². The van der Waals surface area contributed by atoms with Gasteiger partial charge in [-0.05, 0) is 19.5 Å². The number of hydrogen-bond acceptors (Lipinski definition) is 2. The minimum Gasteiger partial charge on any atom is -0.315 e. The molecule has 0 atom stereocenters. The highest BCUT2D eigenvalue weighted by Crippen LogP contribution is 1.93. The lowest BCUT2D eigenvalue weighted by Crippen LogP contribution is -2.30. The largest absolute Gasteiger partial charge is 0.315 e. The summed E-state index contributed by atoms with van der Waals surface area (Å²) < 4.78 is 0. The fourth-order valence-electron chi connectivity index (χ4n) is 1.25. The zero-order chi connectivity index (χ0) is 7.23. The van der Waals surface area contributed by atoms with Crippen LogP contribution in [0.5, 0.6) is 0 Å². The van der Waals surface area contributed by atoms with Crippen molar-refractivity contribution in [3.05, 3.63) is 0 Å². The monoisotopic (exact) mass is 143 g/mol. The second-order valence-corrected chi connectivity index (χ2v) is 2.65. The van der Waals surface area contributed by atoms with Crippen LogP contribution in [-0.4, -0.2) is 44.2 Å². The predicted molar refractivity (Wildman–Crippen MR) is 39.5 cm³/mol. The van der Waals surface area contributed by atoms with Crippen LogP contribution in [0.25, 0.3) is 0 Å². The molecule has 0 spiro atoms. The highest BCUT2D eigenvalue weighted by Gasteiger charge is 2.06. The van der Waals surface area contributed by atoms with Gasteiger partial charge in [0, 0.05) is 19.6 Å². The Hall–Kier alpha value is -0.120. The molecule has 0 aliphatic carbocycles. The Bertz CT molecular complexity index is 79.7. The van der Waals surface area contributed by atoms with Gasteiger partial charge in [-0.2, -0.15) is 0 Å². The Morgan fingerprint density at radius 2 is 2.20 bits per heavy atom. The van der Waals surface area contributed by atoms with Crippen LogP contribution in [0.1, 0.15) is 6.42 Å². The maximum atomic E-state index is 10.2. The summed E-state index contributed by atoms with van der Waals surface area (Å²) in [4.78, 5) is 2.23. The summed E-state index contributed by atoms with van der Waals surface area (Å²) in [5.74, 6) is 0. The third-order valence-corrected chi connectivity index (χ3v) is 1.84. The molecule has 1 N–H and O–H groups in total. The molecule has 1 saturated heterocycles. The molecule has 1 fully saturated rings. The van der Waals surface area contributed by atoms with Gasteiger partial charge in [0.25, 0.3) is 0 Å². The molecule has 1 rings (SSSR count). The first kappa shape index (κ1) is 7.98. The number of hydrogen-bond donors (Lipinski definition) is 1. The molecule has 0 bridgehead atoms. The highest BCUT2D eigenvalue weighted by atomic mass is 16.3. The summed E-state index contributed by atoms with van der Waals surface area (Å²) in [5, 5.41) is 13.5. The van der Waals surface area contributed by atoms with Gasteiger partial charge in [-0.1, -0.05) is 0 Å². The molecule has 1 aliphatic heterocycles. The van der Waals surface area contributed by atoms with Crippen LogP contribution in [0.3, 0.4) is 0 Å². The van der Waals surface area contributed by atoms with E-state index in [4.69, 9.17) is 0 Å². The molecule has 0 aromatic rings. The third kappa shape index (κ3) is 2.64. The third-order valence-electron chi connectivity index (χ3n) is 1.84. The molecule has 0 saturated carbocycles. The van der Waals surface area contributed by atoms with Crippen LogP contribution in [0, 0.1) is 0 Å². The lowest BCUT2D eigenvalue weighted by molar-refractivity contribution is 0.144. The van der Waals surface area contributed by atoms with Crippen LogP contribution in [0.4, 0.5) is 0 Å². The van der Waals surface area contributed by atoms with E-state index in [-0.39, 0.29) is 6.61 Å². The van der Waals surface area contributed by atoms with Gasteiger partial charge >= 0.3 is 0 Å². The summed E-state index contributed by atoms with van der Waals surface area (Å²) in [5.41, 5.74) is 0. The summed E-state index contributed by atoms with van der Waals surface area (Å²) >= 11 is 0.